The predicted octanol–water partition coefficient (Wildman–Crippen LogP) is 5.54. The molecule has 0 radical (unpaired) electrons. The van der Waals surface area contributed by atoms with Crippen LogP contribution >= 0.6 is 11.6 Å². The van der Waals surface area contributed by atoms with Crippen molar-refractivity contribution in [2.24, 2.45) is 13.0 Å². The molecule has 0 bridgehead atoms. The van der Waals surface area contributed by atoms with Gasteiger partial charge in [-0.15, -0.1) is 0 Å². The number of oxazole rings is 1. The maximum absolute atomic E-state index is 13.9. The number of fused-ring (bicyclic) bond motifs is 1. The van der Waals surface area contributed by atoms with E-state index >= 15 is 0 Å². The van der Waals surface area contributed by atoms with Gasteiger partial charge in [0, 0.05) is 43.1 Å². The Hall–Kier alpha value is -3.32. The van der Waals surface area contributed by atoms with Gasteiger partial charge in [-0.25, -0.2) is 4.98 Å². The van der Waals surface area contributed by atoms with Crippen molar-refractivity contribution >= 4 is 34.6 Å². The standard InChI is InChI=1S/C26H28ClN5O2/c1-16-6-8-19(24-28-10-12-31(24)3)20(13-16)25(33)32-11-4-5-17(2)22(32)15-29-26-30-21-14-18(27)7-9-23(21)34-26/h6-10,12-14,17,22H,4-5,11,15H2,1-3H3,(H,29,30)/t17-,22-/m1/s1. The molecule has 5 rings (SSSR count). The van der Waals surface area contributed by atoms with E-state index in [2.05, 4.69) is 22.2 Å². The number of aromatic nitrogens is 3. The highest BCUT2D eigenvalue weighted by Crippen LogP contribution is 2.30. The third-order valence-corrected chi connectivity index (χ3v) is 6.89. The van der Waals surface area contributed by atoms with Crippen molar-refractivity contribution in [2.45, 2.75) is 32.7 Å². The molecule has 176 valence electrons. The molecule has 34 heavy (non-hydrogen) atoms. The first-order valence-corrected chi connectivity index (χ1v) is 12.0. The quantitative estimate of drug-likeness (QED) is 0.408. The molecule has 2 atom stereocenters. The summed E-state index contributed by atoms with van der Waals surface area (Å²) in [6.07, 6.45) is 5.70. The summed E-state index contributed by atoms with van der Waals surface area (Å²) in [6.45, 7) is 5.48. The smallest absolute Gasteiger partial charge is 0.295 e. The second-order valence-electron chi connectivity index (χ2n) is 9.11. The molecule has 1 aliphatic heterocycles. The Labute approximate surface area is 203 Å². The monoisotopic (exact) mass is 477 g/mol. The molecule has 7 nitrogen and oxygen atoms in total. The van der Waals surface area contributed by atoms with E-state index < -0.39 is 0 Å². The molecular weight excluding hydrogens is 450 g/mol. The first-order valence-electron chi connectivity index (χ1n) is 11.6. The molecule has 1 amide bonds. The average molecular weight is 478 g/mol. The van der Waals surface area contributed by atoms with Crippen LogP contribution in [-0.2, 0) is 7.05 Å². The molecule has 1 fully saturated rings. The van der Waals surface area contributed by atoms with Gasteiger partial charge < -0.3 is 19.2 Å². The molecule has 2 aromatic heterocycles. The largest absolute Gasteiger partial charge is 0.424 e. The summed E-state index contributed by atoms with van der Waals surface area (Å²) in [6, 6.07) is 11.8. The molecule has 3 heterocycles. The fourth-order valence-electron chi connectivity index (χ4n) is 4.79. The number of carbonyl (C=O) groups excluding carboxylic acids is 1. The summed E-state index contributed by atoms with van der Waals surface area (Å²) in [7, 11) is 1.94. The first-order chi connectivity index (χ1) is 16.4. The number of hydrogen-bond donors (Lipinski definition) is 1. The molecule has 0 saturated carbocycles. The number of hydrogen-bond acceptors (Lipinski definition) is 5. The molecule has 8 heteroatoms. The molecule has 1 saturated heterocycles. The maximum Gasteiger partial charge on any atom is 0.295 e. The molecule has 1 N–H and O–H groups in total. The van der Waals surface area contributed by atoms with E-state index in [4.69, 9.17) is 16.0 Å². The van der Waals surface area contributed by atoms with Crippen LogP contribution in [0, 0.1) is 12.8 Å². The second kappa shape index (κ2) is 9.14. The average Bonchev–Trinajstić information content (AvgIpc) is 3.42. The predicted molar refractivity (Wildman–Crippen MR) is 134 cm³/mol. The van der Waals surface area contributed by atoms with Gasteiger partial charge in [0.25, 0.3) is 11.9 Å². The number of amides is 1. The lowest BCUT2D eigenvalue weighted by atomic mass is 9.89. The Morgan fingerprint density at radius 2 is 2.12 bits per heavy atom. The zero-order chi connectivity index (χ0) is 23.8. The lowest BCUT2D eigenvalue weighted by Gasteiger charge is -2.40. The number of likely N-dealkylation sites (tertiary alicyclic amines) is 1. The summed E-state index contributed by atoms with van der Waals surface area (Å²) in [5.74, 6) is 1.16. The Kier molecular flexibility index (Phi) is 6.04. The van der Waals surface area contributed by atoms with E-state index in [9.17, 15) is 4.79 Å². The number of anilines is 1. The highest BCUT2D eigenvalue weighted by Gasteiger charge is 2.34. The van der Waals surface area contributed by atoms with Gasteiger partial charge in [0.1, 0.15) is 11.3 Å². The fraction of sp³-hybridized carbons (Fsp3) is 0.346. The van der Waals surface area contributed by atoms with E-state index in [0.717, 1.165) is 29.8 Å². The molecule has 2 aromatic carbocycles. The van der Waals surface area contributed by atoms with E-state index in [1.165, 1.54) is 0 Å². The van der Waals surface area contributed by atoms with Gasteiger partial charge >= 0.3 is 0 Å². The van der Waals surface area contributed by atoms with Crippen molar-refractivity contribution < 1.29 is 9.21 Å². The Morgan fingerprint density at radius 3 is 2.91 bits per heavy atom. The first kappa shape index (κ1) is 22.5. The lowest BCUT2D eigenvalue weighted by Crippen LogP contribution is -2.51. The number of imidazole rings is 1. The van der Waals surface area contributed by atoms with Gasteiger partial charge in [0.05, 0.1) is 11.6 Å². The number of nitrogens with zero attached hydrogens (tertiary/aromatic N) is 4. The molecule has 0 spiro atoms. The summed E-state index contributed by atoms with van der Waals surface area (Å²) in [4.78, 5) is 24.9. The van der Waals surface area contributed by atoms with Gasteiger partial charge in [0.2, 0.25) is 0 Å². The van der Waals surface area contributed by atoms with Crippen LogP contribution in [0.2, 0.25) is 5.02 Å². The second-order valence-corrected chi connectivity index (χ2v) is 9.54. The van der Waals surface area contributed by atoms with Crippen molar-refractivity contribution in [3.05, 3.63) is 64.9 Å². The minimum Gasteiger partial charge on any atom is -0.424 e. The van der Waals surface area contributed by atoms with E-state index in [1.807, 2.05) is 53.9 Å². The normalized spacial score (nSPS) is 18.4. The van der Waals surface area contributed by atoms with Crippen LogP contribution in [0.1, 0.15) is 35.7 Å². The molecule has 1 aliphatic rings. The van der Waals surface area contributed by atoms with Crippen LogP contribution in [0.3, 0.4) is 0 Å². The third-order valence-electron chi connectivity index (χ3n) is 6.66. The van der Waals surface area contributed by atoms with Crippen molar-refractivity contribution in [3.63, 3.8) is 0 Å². The fourth-order valence-corrected chi connectivity index (χ4v) is 4.96. The number of aryl methyl sites for hydroxylation is 2. The van der Waals surface area contributed by atoms with Crippen LogP contribution in [0.5, 0.6) is 0 Å². The highest BCUT2D eigenvalue weighted by molar-refractivity contribution is 6.31. The minimum absolute atomic E-state index is 0.00887. The van der Waals surface area contributed by atoms with Crippen LogP contribution in [0.4, 0.5) is 6.01 Å². The van der Waals surface area contributed by atoms with Gasteiger partial charge in [0.15, 0.2) is 5.58 Å². The van der Waals surface area contributed by atoms with Gasteiger partial charge in [-0.2, -0.15) is 4.98 Å². The van der Waals surface area contributed by atoms with Gasteiger partial charge in [-0.1, -0.05) is 36.2 Å². The number of nitrogens with one attached hydrogen (secondary N) is 1. The van der Waals surface area contributed by atoms with E-state index in [-0.39, 0.29) is 11.9 Å². The zero-order valence-corrected chi connectivity index (χ0v) is 20.3. The summed E-state index contributed by atoms with van der Waals surface area (Å²) in [5, 5.41) is 3.94. The van der Waals surface area contributed by atoms with E-state index in [0.29, 0.717) is 46.7 Å². The van der Waals surface area contributed by atoms with Crippen LogP contribution in [0.15, 0.2) is 53.2 Å². The lowest BCUT2D eigenvalue weighted by molar-refractivity contribution is 0.0540. The van der Waals surface area contributed by atoms with Crippen molar-refractivity contribution in [2.75, 3.05) is 18.4 Å². The van der Waals surface area contributed by atoms with Crippen LogP contribution in [-0.4, -0.2) is 44.5 Å². The third kappa shape index (κ3) is 4.28. The van der Waals surface area contributed by atoms with Gasteiger partial charge in [-0.3, -0.25) is 4.79 Å². The molecule has 4 aromatic rings. The van der Waals surface area contributed by atoms with E-state index in [1.54, 1.807) is 18.3 Å². The summed E-state index contributed by atoms with van der Waals surface area (Å²) in [5.41, 5.74) is 3.97. The van der Waals surface area contributed by atoms with Gasteiger partial charge in [-0.05, 0) is 49.9 Å². The summed E-state index contributed by atoms with van der Waals surface area (Å²) < 4.78 is 7.77. The number of rotatable bonds is 5. The Morgan fingerprint density at radius 1 is 1.26 bits per heavy atom. The number of carbonyl (C=O) groups is 1. The molecule has 0 unspecified atom stereocenters. The van der Waals surface area contributed by atoms with Crippen LogP contribution in [0.25, 0.3) is 22.5 Å². The van der Waals surface area contributed by atoms with Crippen molar-refractivity contribution in [1.82, 2.24) is 19.4 Å². The Balaban J connectivity index is 1.42. The molecule has 0 aliphatic carbocycles. The number of benzene rings is 2. The number of halogens is 1. The Bertz CT molecular complexity index is 1340. The number of piperidine rings is 1. The highest BCUT2D eigenvalue weighted by atomic mass is 35.5. The van der Waals surface area contributed by atoms with Crippen LogP contribution < -0.4 is 5.32 Å². The SMILES string of the molecule is Cc1ccc(-c2nccn2C)c(C(=O)N2CCC[C@@H](C)[C@H]2CNc2nc3cc(Cl)ccc3o2)c1. The minimum atomic E-state index is 0.00887. The summed E-state index contributed by atoms with van der Waals surface area (Å²) >= 11 is 6.08. The zero-order valence-electron chi connectivity index (χ0n) is 19.6. The maximum atomic E-state index is 13.9. The van der Waals surface area contributed by atoms with Crippen molar-refractivity contribution in [1.29, 1.82) is 0 Å². The topological polar surface area (TPSA) is 76.2 Å². The van der Waals surface area contributed by atoms with Crippen molar-refractivity contribution in [3.8, 4) is 11.4 Å². The molecular formula is C26H28ClN5O2.